The summed E-state index contributed by atoms with van der Waals surface area (Å²) in [6, 6.07) is 5.99. The predicted molar refractivity (Wildman–Crippen MR) is 70.1 cm³/mol. The van der Waals surface area contributed by atoms with Crippen LogP contribution < -0.4 is 10.2 Å². The molecule has 1 atom stereocenters. The van der Waals surface area contributed by atoms with Gasteiger partial charge in [0.05, 0.1) is 6.04 Å². The molecule has 3 nitrogen and oxygen atoms in total. The molecule has 1 fully saturated rings. The zero-order valence-corrected chi connectivity index (χ0v) is 10.7. The number of anilines is 1. The van der Waals surface area contributed by atoms with E-state index in [1.54, 1.807) is 17.0 Å². The molecule has 1 aromatic carbocycles. The largest absolute Gasteiger partial charge is 0.311 e. The van der Waals surface area contributed by atoms with Crippen molar-refractivity contribution in [3.05, 3.63) is 30.1 Å². The lowest BCUT2D eigenvalue weighted by Crippen LogP contribution is -2.48. The van der Waals surface area contributed by atoms with E-state index in [-0.39, 0.29) is 17.8 Å². The molecule has 4 heteroatoms. The molecule has 1 unspecified atom stereocenters. The second kappa shape index (κ2) is 5.96. The Kier molecular flexibility index (Phi) is 4.31. The van der Waals surface area contributed by atoms with Crippen LogP contribution in [0.5, 0.6) is 0 Å². The van der Waals surface area contributed by atoms with Crippen LogP contribution in [-0.2, 0) is 4.79 Å². The third-order valence-electron chi connectivity index (χ3n) is 3.33. The Morgan fingerprint density at radius 1 is 1.39 bits per heavy atom. The second-order valence-electron chi connectivity index (χ2n) is 4.56. The molecule has 1 heterocycles. The van der Waals surface area contributed by atoms with Crippen LogP contribution >= 0.6 is 0 Å². The highest BCUT2D eigenvalue weighted by atomic mass is 19.1. The van der Waals surface area contributed by atoms with Crippen LogP contribution in [0.1, 0.15) is 26.2 Å². The Bertz CT molecular complexity index is 399. The molecule has 0 radical (unpaired) electrons. The molecule has 0 saturated carbocycles. The van der Waals surface area contributed by atoms with E-state index in [1.165, 1.54) is 12.1 Å². The lowest BCUT2D eigenvalue weighted by atomic mass is 10.0. The normalized spacial score (nSPS) is 19.6. The first kappa shape index (κ1) is 13.0. The van der Waals surface area contributed by atoms with Gasteiger partial charge in [-0.15, -0.1) is 0 Å². The summed E-state index contributed by atoms with van der Waals surface area (Å²) in [5.41, 5.74) is 0.760. The van der Waals surface area contributed by atoms with E-state index < -0.39 is 0 Å². The minimum absolute atomic E-state index is 0.0869. The number of benzene rings is 1. The predicted octanol–water partition coefficient (Wildman–Crippen LogP) is 2.32. The third kappa shape index (κ3) is 2.88. The minimum Gasteiger partial charge on any atom is -0.311 e. The van der Waals surface area contributed by atoms with Crippen LogP contribution in [-0.4, -0.2) is 25.0 Å². The van der Waals surface area contributed by atoms with Gasteiger partial charge >= 0.3 is 0 Å². The molecule has 1 amide bonds. The fourth-order valence-electron chi connectivity index (χ4n) is 2.34. The highest BCUT2D eigenvalue weighted by Gasteiger charge is 2.25. The summed E-state index contributed by atoms with van der Waals surface area (Å²) in [6.07, 6.45) is 3.10. The molecule has 0 bridgehead atoms. The van der Waals surface area contributed by atoms with Crippen molar-refractivity contribution in [1.82, 2.24) is 5.32 Å². The third-order valence-corrected chi connectivity index (χ3v) is 3.33. The summed E-state index contributed by atoms with van der Waals surface area (Å²) >= 11 is 0. The van der Waals surface area contributed by atoms with E-state index in [0.717, 1.165) is 31.5 Å². The van der Waals surface area contributed by atoms with Crippen molar-refractivity contribution in [2.24, 2.45) is 0 Å². The number of hydrogen-bond donors (Lipinski definition) is 1. The van der Waals surface area contributed by atoms with Gasteiger partial charge in [0.2, 0.25) is 5.91 Å². The summed E-state index contributed by atoms with van der Waals surface area (Å²) in [5.74, 6) is -0.193. The van der Waals surface area contributed by atoms with Crippen molar-refractivity contribution in [3.8, 4) is 0 Å². The quantitative estimate of drug-likeness (QED) is 0.893. The van der Waals surface area contributed by atoms with Crippen molar-refractivity contribution in [2.75, 3.05) is 18.0 Å². The van der Waals surface area contributed by atoms with E-state index in [1.807, 2.05) is 6.92 Å². The van der Waals surface area contributed by atoms with Crippen LogP contribution in [0.4, 0.5) is 10.1 Å². The molecule has 0 aromatic heterocycles. The number of amides is 1. The number of rotatable bonds is 3. The molecular formula is C14H19FN2O. The Morgan fingerprint density at radius 3 is 2.67 bits per heavy atom. The smallest absolute Gasteiger partial charge is 0.244 e. The molecule has 98 valence electrons. The number of likely N-dealkylation sites (N-methyl/N-ethyl adjacent to an activating group) is 1. The van der Waals surface area contributed by atoms with Gasteiger partial charge in [0, 0.05) is 12.2 Å². The molecule has 1 saturated heterocycles. The molecular weight excluding hydrogens is 231 g/mol. The van der Waals surface area contributed by atoms with Crippen LogP contribution in [0.2, 0.25) is 0 Å². The van der Waals surface area contributed by atoms with E-state index in [9.17, 15) is 9.18 Å². The highest BCUT2D eigenvalue weighted by Crippen LogP contribution is 2.18. The number of hydrogen-bond acceptors (Lipinski definition) is 2. The lowest BCUT2D eigenvalue weighted by Gasteiger charge is -2.29. The summed E-state index contributed by atoms with van der Waals surface area (Å²) in [4.78, 5) is 14.1. The van der Waals surface area contributed by atoms with Crippen LogP contribution in [0.3, 0.4) is 0 Å². The maximum Gasteiger partial charge on any atom is 0.244 e. The van der Waals surface area contributed by atoms with E-state index in [0.29, 0.717) is 6.54 Å². The van der Waals surface area contributed by atoms with Crippen molar-refractivity contribution < 1.29 is 9.18 Å². The Labute approximate surface area is 107 Å². The molecule has 2 rings (SSSR count). The van der Waals surface area contributed by atoms with Gasteiger partial charge < -0.3 is 10.2 Å². The van der Waals surface area contributed by atoms with Crippen LogP contribution in [0.25, 0.3) is 0 Å². The number of nitrogens with zero attached hydrogens (tertiary/aromatic N) is 1. The van der Waals surface area contributed by atoms with Crippen molar-refractivity contribution in [2.45, 2.75) is 32.2 Å². The monoisotopic (exact) mass is 250 g/mol. The molecule has 1 aliphatic rings. The van der Waals surface area contributed by atoms with Crippen molar-refractivity contribution >= 4 is 11.6 Å². The maximum absolute atomic E-state index is 12.9. The number of piperidine rings is 1. The highest BCUT2D eigenvalue weighted by molar-refractivity contribution is 5.97. The first-order valence-electron chi connectivity index (χ1n) is 6.52. The molecule has 1 N–H and O–H groups in total. The van der Waals surface area contributed by atoms with E-state index in [4.69, 9.17) is 0 Å². The van der Waals surface area contributed by atoms with Crippen LogP contribution in [0.15, 0.2) is 24.3 Å². The SMILES string of the molecule is CCN(C(=O)C1CCCCN1)c1ccc(F)cc1. The molecule has 1 aromatic rings. The number of carbonyl (C=O) groups is 1. The van der Waals surface area contributed by atoms with Gasteiger partial charge in [0.15, 0.2) is 0 Å². The fraction of sp³-hybridized carbons (Fsp3) is 0.500. The summed E-state index contributed by atoms with van der Waals surface area (Å²) in [5, 5.41) is 3.25. The standard InChI is InChI=1S/C14H19FN2O/c1-2-17(12-8-6-11(15)7-9-12)14(18)13-5-3-4-10-16-13/h6-9,13,16H,2-5,10H2,1H3. The summed E-state index contributed by atoms with van der Waals surface area (Å²) in [6.45, 7) is 3.43. The minimum atomic E-state index is -0.280. The Hall–Kier alpha value is -1.42. The second-order valence-corrected chi connectivity index (χ2v) is 4.56. The Morgan fingerprint density at radius 2 is 2.11 bits per heavy atom. The average Bonchev–Trinajstić information content (AvgIpc) is 2.42. The zero-order chi connectivity index (χ0) is 13.0. The zero-order valence-electron chi connectivity index (χ0n) is 10.7. The van der Waals surface area contributed by atoms with Gasteiger partial charge in [-0.25, -0.2) is 4.39 Å². The molecule has 18 heavy (non-hydrogen) atoms. The van der Waals surface area contributed by atoms with Crippen molar-refractivity contribution in [1.29, 1.82) is 0 Å². The maximum atomic E-state index is 12.9. The number of halogens is 1. The topological polar surface area (TPSA) is 32.3 Å². The summed E-state index contributed by atoms with van der Waals surface area (Å²) < 4.78 is 12.9. The van der Waals surface area contributed by atoms with Gasteiger partial charge in [-0.3, -0.25) is 4.79 Å². The van der Waals surface area contributed by atoms with E-state index >= 15 is 0 Å². The number of carbonyl (C=O) groups excluding carboxylic acids is 1. The van der Waals surface area contributed by atoms with Gasteiger partial charge in [0.25, 0.3) is 0 Å². The summed E-state index contributed by atoms with van der Waals surface area (Å²) in [7, 11) is 0. The lowest BCUT2D eigenvalue weighted by molar-refractivity contribution is -0.121. The first-order chi connectivity index (χ1) is 8.72. The average molecular weight is 250 g/mol. The van der Waals surface area contributed by atoms with Gasteiger partial charge in [-0.1, -0.05) is 6.42 Å². The molecule has 0 spiro atoms. The van der Waals surface area contributed by atoms with Gasteiger partial charge in [0.1, 0.15) is 5.82 Å². The molecule has 0 aliphatic carbocycles. The number of nitrogens with one attached hydrogen (secondary N) is 1. The van der Waals surface area contributed by atoms with Crippen molar-refractivity contribution in [3.63, 3.8) is 0 Å². The fourth-order valence-corrected chi connectivity index (χ4v) is 2.34. The van der Waals surface area contributed by atoms with Crippen LogP contribution in [0, 0.1) is 5.82 Å². The van der Waals surface area contributed by atoms with Gasteiger partial charge in [-0.05, 0) is 50.6 Å². The van der Waals surface area contributed by atoms with E-state index in [2.05, 4.69) is 5.32 Å². The van der Waals surface area contributed by atoms with Gasteiger partial charge in [-0.2, -0.15) is 0 Å². The first-order valence-corrected chi connectivity index (χ1v) is 6.52. The Balaban J connectivity index is 2.12. The molecule has 1 aliphatic heterocycles.